The van der Waals surface area contributed by atoms with Gasteiger partial charge in [0.25, 0.3) is 0 Å². The van der Waals surface area contributed by atoms with Crippen LogP contribution in [0.5, 0.6) is 0 Å². The van der Waals surface area contributed by atoms with Crippen LogP contribution < -0.4 is 5.32 Å². The van der Waals surface area contributed by atoms with E-state index in [0.29, 0.717) is 19.4 Å². The number of hydrogen-bond donors (Lipinski definition) is 3. The van der Waals surface area contributed by atoms with Crippen LogP contribution in [-0.2, 0) is 4.79 Å². The van der Waals surface area contributed by atoms with Gasteiger partial charge in [-0.05, 0) is 26.4 Å². The Morgan fingerprint density at radius 2 is 2.05 bits per heavy atom. The molecule has 1 aliphatic heterocycles. The number of nitrogens with zero attached hydrogens (tertiary/aromatic N) is 2. The molecule has 1 heterocycles. The summed E-state index contributed by atoms with van der Waals surface area (Å²) in [5, 5.41) is 21.6. The molecule has 2 amide bonds. The molecule has 0 aromatic heterocycles. The normalized spacial score (nSPS) is 25.0. The first-order valence-electron chi connectivity index (χ1n) is 7.39. The number of aliphatic hydroxyl groups is 1. The average molecular weight is 301 g/mol. The van der Waals surface area contributed by atoms with Crippen molar-refractivity contribution in [3.63, 3.8) is 0 Å². The van der Waals surface area contributed by atoms with Crippen molar-refractivity contribution in [2.75, 3.05) is 27.2 Å². The molecule has 1 aliphatic rings. The summed E-state index contributed by atoms with van der Waals surface area (Å²) in [4.78, 5) is 27.1. The molecule has 4 atom stereocenters. The number of urea groups is 1. The smallest absolute Gasteiger partial charge is 0.326 e. The van der Waals surface area contributed by atoms with E-state index in [2.05, 4.69) is 5.32 Å². The third-order valence-corrected chi connectivity index (χ3v) is 3.99. The summed E-state index contributed by atoms with van der Waals surface area (Å²) < 4.78 is 0. The number of β-amino-alcohol motifs (C(OH)–C–C–N with tert-alkyl or cyclic N) is 1. The number of likely N-dealkylation sites (N-methyl/N-ethyl adjacent to an activating group) is 1. The molecule has 3 N–H and O–H groups in total. The van der Waals surface area contributed by atoms with Gasteiger partial charge in [-0.1, -0.05) is 20.3 Å². The molecule has 21 heavy (non-hydrogen) atoms. The molecule has 1 saturated heterocycles. The zero-order valence-electron chi connectivity index (χ0n) is 13.2. The molecule has 7 heteroatoms. The van der Waals surface area contributed by atoms with Crippen molar-refractivity contribution in [3.8, 4) is 0 Å². The molecule has 0 aliphatic carbocycles. The SMILES string of the molecule is CCC(C)[C@H](NC(=O)N1CC(O)CC1CN(C)C)C(=O)O. The van der Waals surface area contributed by atoms with Gasteiger partial charge in [-0.3, -0.25) is 0 Å². The van der Waals surface area contributed by atoms with E-state index >= 15 is 0 Å². The van der Waals surface area contributed by atoms with Gasteiger partial charge in [-0.25, -0.2) is 9.59 Å². The molecule has 0 saturated carbocycles. The van der Waals surface area contributed by atoms with Crippen molar-refractivity contribution in [1.29, 1.82) is 0 Å². The Balaban J connectivity index is 2.73. The Hall–Kier alpha value is -1.34. The van der Waals surface area contributed by atoms with Crippen LogP contribution in [0.1, 0.15) is 26.7 Å². The van der Waals surface area contributed by atoms with Gasteiger partial charge in [0, 0.05) is 19.1 Å². The van der Waals surface area contributed by atoms with Crippen molar-refractivity contribution in [1.82, 2.24) is 15.1 Å². The highest BCUT2D eigenvalue weighted by atomic mass is 16.4. The second-order valence-corrected chi connectivity index (χ2v) is 6.11. The van der Waals surface area contributed by atoms with Crippen LogP contribution in [0.2, 0.25) is 0 Å². The largest absolute Gasteiger partial charge is 0.480 e. The second-order valence-electron chi connectivity index (χ2n) is 6.11. The predicted octanol–water partition coefficient (Wildman–Crippen LogP) is 0.192. The molecule has 0 radical (unpaired) electrons. The number of carbonyl (C=O) groups is 2. The first-order chi connectivity index (χ1) is 9.76. The van der Waals surface area contributed by atoms with Gasteiger partial charge < -0.3 is 25.3 Å². The first-order valence-corrected chi connectivity index (χ1v) is 7.39. The highest BCUT2D eigenvalue weighted by molar-refractivity contribution is 5.83. The molecular weight excluding hydrogens is 274 g/mol. The Bertz CT molecular complexity index is 375. The minimum atomic E-state index is -1.03. The van der Waals surface area contributed by atoms with Crippen LogP contribution in [0, 0.1) is 5.92 Å². The number of carboxylic acids is 1. The number of nitrogens with one attached hydrogen (secondary N) is 1. The fraction of sp³-hybridized carbons (Fsp3) is 0.857. The molecule has 0 aromatic rings. The molecule has 7 nitrogen and oxygen atoms in total. The maximum absolute atomic E-state index is 12.3. The Morgan fingerprint density at radius 3 is 2.52 bits per heavy atom. The number of aliphatic carboxylic acids is 1. The van der Waals surface area contributed by atoms with Gasteiger partial charge >= 0.3 is 12.0 Å². The second kappa shape index (κ2) is 7.61. The van der Waals surface area contributed by atoms with Crippen LogP contribution in [0.25, 0.3) is 0 Å². The highest BCUT2D eigenvalue weighted by Crippen LogP contribution is 2.19. The monoisotopic (exact) mass is 301 g/mol. The van der Waals surface area contributed by atoms with E-state index < -0.39 is 24.1 Å². The lowest BCUT2D eigenvalue weighted by Gasteiger charge is -2.29. The quantitative estimate of drug-likeness (QED) is 0.651. The van der Waals surface area contributed by atoms with Crippen molar-refractivity contribution >= 4 is 12.0 Å². The summed E-state index contributed by atoms with van der Waals surface area (Å²) >= 11 is 0. The van der Waals surface area contributed by atoms with E-state index in [1.807, 2.05) is 25.9 Å². The van der Waals surface area contributed by atoms with Crippen LogP contribution in [0.4, 0.5) is 4.79 Å². The lowest BCUT2D eigenvalue weighted by molar-refractivity contribution is -0.140. The summed E-state index contributed by atoms with van der Waals surface area (Å²) in [7, 11) is 3.81. The number of rotatable bonds is 6. The number of hydrogen-bond acceptors (Lipinski definition) is 4. The average Bonchev–Trinajstić information content (AvgIpc) is 2.74. The maximum atomic E-state index is 12.3. The standard InChI is InChI=1S/C14H27N3O4/c1-5-9(2)12(13(19)20)15-14(21)17-8-11(18)6-10(17)7-16(3)4/h9-12,18H,5-8H2,1-4H3,(H,15,21)(H,19,20)/t9?,10?,11?,12-/m0/s1. The third-order valence-electron chi connectivity index (χ3n) is 3.99. The van der Waals surface area contributed by atoms with E-state index in [1.54, 1.807) is 11.8 Å². The topological polar surface area (TPSA) is 93.1 Å². The number of carboxylic acid groups (broad SMARTS) is 1. The lowest BCUT2D eigenvalue weighted by Crippen LogP contribution is -2.53. The van der Waals surface area contributed by atoms with Gasteiger partial charge in [0.05, 0.1) is 6.10 Å². The Morgan fingerprint density at radius 1 is 1.43 bits per heavy atom. The van der Waals surface area contributed by atoms with Crippen molar-refractivity contribution in [3.05, 3.63) is 0 Å². The predicted molar refractivity (Wildman–Crippen MR) is 79.1 cm³/mol. The zero-order valence-corrected chi connectivity index (χ0v) is 13.2. The van der Waals surface area contributed by atoms with Gasteiger partial charge in [0.2, 0.25) is 0 Å². The lowest BCUT2D eigenvalue weighted by atomic mass is 9.99. The first kappa shape index (κ1) is 17.7. The molecular formula is C14H27N3O4. The van der Waals surface area contributed by atoms with Crippen molar-refractivity contribution < 1.29 is 19.8 Å². The highest BCUT2D eigenvalue weighted by Gasteiger charge is 2.36. The number of amides is 2. The number of aliphatic hydroxyl groups excluding tert-OH is 1. The molecule has 1 rings (SSSR count). The Kier molecular flexibility index (Phi) is 6.42. The van der Waals surface area contributed by atoms with E-state index in [-0.39, 0.29) is 18.5 Å². The minimum absolute atomic E-state index is 0.0959. The fourth-order valence-corrected chi connectivity index (χ4v) is 2.63. The van der Waals surface area contributed by atoms with Crippen LogP contribution in [0.15, 0.2) is 0 Å². The van der Waals surface area contributed by atoms with Gasteiger partial charge in [0.15, 0.2) is 0 Å². The molecule has 0 aromatic carbocycles. The summed E-state index contributed by atoms with van der Waals surface area (Å²) in [6.45, 7) is 4.58. The van der Waals surface area contributed by atoms with E-state index in [0.717, 1.165) is 0 Å². The van der Waals surface area contributed by atoms with Crippen molar-refractivity contribution in [2.45, 2.75) is 44.9 Å². The van der Waals surface area contributed by atoms with Gasteiger partial charge in [0.1, 0.15) is 6.04 Å². The van der Waals surface area contributed by atoms with Gasteiger partial charge in [-0.15, -0.1) is 0 Å². The molecule has 3 unspecified atom stereocenters. The third kappa shape index (κ3) is 4.86. The van der Waals surface area contributed by atoms with Crippen LogP contribution >= 0.6 is 0 Å². The summed E-state index contributed by atoms with van der Waals surface area (Å²) in [5.74, 6) is -1.17. The van der Waals surface area contributed by atoms with E-state index in [4.69, 9.17) is 0 Å². The zero-order chi connectivity index (χ0) is 16.2. The number of carbonyl (C=O) groups excluding carboxylic acids is 1. The summed E-state index contributed by atoms with van der Waals surface area (Å²) in [6.07, 6.45) is 0.640. The van der Waals surface area contributed by atoms with Crippen LogP contribution in [-0.4, -0.2) is 77.4 Å². The fourth-order valence-electron chi connectivity index (χ4n) is 2.63. The maximum Gasteiger partial charge on any atom is 0.326 e. The summed E-state index contributed by atoms with van der Waals surface area (Å²) in [5.41, 5.74) is 0. The minimum Gasteiger partial charge on any atom is -0.480 e. The summed E-state index contributed by atoms with van der Waals surface area (Å²) in [6, 6.07) is -1.41. The molecule has 1 fully saturated rings. The van der Waals surface area contributed by atoms with E-state index in [9.17, 15) is 19.8 Å². The molecule has 0 spiro atoms. The molecule has 122 valence electrons. The Labute approximate surface area is 125 Å². The van der Waals surface area contributed by atoms with E-state index in [1.165, 1.54) is 0 Å². The van der Waals surface area contributed by atoms with Crippen LogP contribution in [0.3, 0.4) is 0 Å². The van der Waals surface area contributed by atoms with Gasteiger partial charge in [-0.2, -0.15) is 0 Å². The van der Waals surface area contributed by atoms with Crippen molar-refractivity contribution in [2.24, 2.45) is 5.92 Å². The number of likely N-dealkylation sites (tertiary alicyclic amines) is 1. The molecule has 0 bridgehead atoms.